The lowest BCUT2D eigenvalue weighted by Gasteiger charge is -2.13. The maximum Gasteiger partial charge on any atom is 0.331 e. The quantitative estimate of drug-likeness (QED) is 0.0309. The van der Waals surface area contributed by atoms with Gasteiger partial charge in [-0.3, -0.25) is 14.8 Å². The van der Waals surface area contributed by atoms with Gasteiger partial charge in [-0.25, -0.2) is 14.4 Å². The number of carbonyl (C=O) groups is 4. The Kier molecular flexibility index (Phi) is 21.3. The number of allylic oxidation sites excluding steroid dienone is 3. The van der Waals surface area contributed by atoms with Crippen molar-refractivity contribution < 1.29 is 49.1 Å². The summed E-state index contributed by atoms with van der Waals surface area (Å²) in [6, 6.07) is 26.8. The first-order valence-electron chi connectivity index (χ1n) is 23.9. The van der Waals surface area contributed by atoms with Crippen LogP contribution in [0.1, 0.15) is 33.4 Å². The number of benzene rings is 6. The number of carboxylic acid groups (broad SMARTS) is 1. The average molecular weight is 1080 g/mol. The predicted molar refractivity (Wildman–Crippen MR) is 315 cm³/mol. The van der Waals surface area contributed by atoms with Crippen molar-refractivity contribution in [1.29, 1.82) is 0 Å². The van der Waals surface area contributed by atoms with Crippen LogP contribution in [0.15, 0.2) is 157 Å². The minimum atomic E-state index is -0.883. The van der Waals surface area contributed by atoms with Gasteiger partial charge in [0.15, 0.2) is 12.1 Å². The lowest BCUT2D eigenvalue weighted by Crippen LogP contribution is -2.42. The maximum absolute atomic E-state index is 12.1. The van der Waals surface area contributed by atoms with Gasteiger partial charge in [-0.15, -0.1) is 43.3 Å². The highest BCUT2D eigenvalue weighted by molar-refractivity contribution is 8.15. The lowest BCUT2D eigenvalue weighted by molar-refractivity contribution is -0.144. The summed E-state index contributed by atoms with van der Waals surface area (Å²) in [5, 5.41) is 49.2. The molecule has 0 saturated carbocycles. The number of ether oxygens (including phenoxy) is 2. The van der Waals surface area contributed by atoms with Gasteiger partial charge in [-0.2, -0.15) is 11.8 Å². The van der Waals surface area contributed by atoms with Crippen molar-refractivity contribution in [2.45, 2.75) is 37.4 Å². The number of carboxylic acids is 1. The number of aromatic hydroxyl groups is 3. The number of hydrogen-bond donors (Lipinski definition) is 5. The SMILES string of the molecule is C=CCc1c(O)ccc2cc(/C=C/C(=O)N[C@H](CSC)C(=O)OC)ccc12.C=CCc1c(O)ccc2cc(/C=C/C3=N[C@@H](C(=O)O)CS3)ccc12.C=CCc1c(O)ccc2cc(/C=C/C3=N[C@@H](C(=O)OC)CS3)ccc12. The third kappa shape index (κ3) is 15.4. The van der Waals surface area contributed by atoms with Crippen LogP contribution in [-0.4, -0.2) is 110 Å². The Hall–Kier alpha value is -7.79. The molecule has 6 aromatic rings. The number of phenolic OH excluding ortho intramolecular Hbond substituents is 3. The molecule has 1 amide bonds. The molecule has 13 nitrogen and oxygen atoms in total. The second-order valence-electron chi connectivity index (χ2n) is 17.1. The number of esters is 2. The molecule has 2 heterocycles. The number of rotatable bonds is 18. The molecule has 2 aliphatic rings. The van der Waals surface area contributed by atoms with E-state index in [1.807, 2.05) is 97.3 Å². The first-order chi connectivity index (χ1) is 36.7. The molecule has 0 spiro atoms. The number of aliphatic carboxylic acids is 1. The Morgan fingerprint density at radius 2 is 1.05 bits per heavy atom. The summed E-state index contributed by atoms with van der Waals surface area (Å²) in [6.45, 7) is 11.2. The first-order valence-corrected chi connectivity index (χ1v) is 27.3. The third-order valence-electron chi connectivity index (χ3n) is 11.9. The molecule has 16 heteroatoms. The van der Waals surface area contributed by atoms with Crippen molar-refractivity contribution in [3.63, 3.8) is 0 Å². The number of aliphatic imine (C=N–C) groups is 2. The van der Waals surface area contributed by atoms with Gasteiger partial charge in [0.2, 0.25) is 5.91 Å². The number of amides is 1. The van der Waals surface area contributed by atoms with Gasteiger partial charge in [-0.1, -0.05) is 85.0 Å². The molecule has 0 bridgehead atoms. The molecule has 8 rings (SSSR count). The summed E-state index contributed by atoms with van der Waals surface area (Å²) in [5.74, 6) is 0.352. The van der Waals surface area contributed by atoms with Crippen LogP contribution >= 0.6 is 35.3 Å². The molecular weight excluding hydrogens is 1020 g/mol. The van der Waals surface area contributed by atoms with Crippen LogP contribution in [0.4, 0.5) is 0 Å². The number of nitrogens with one attached hydrogen (secondary N) is 1. The van der Waals surface area contributed by atoms with E-state index in [0.29, 0.717) is 42.3 Å². The van der Waals surface area contributed by atoms with E-state index in [9.17, 15) is 34.5 Å². The molecule has 0 radical (unpaired) electrons. The van der Waals surface area contributed by atoms with Crippen molar-refractivity contribution >= 4 is 120 Å². The fourth-order valence-electron chi connectivity index (χ4n) is 8.15. The molecule has 392 valence electrons. The molecule has 3 atom stereocenters. The third-order valence-corrected chi connectivity index (χ3v) is 14.6. The van der Waals surface area contributed by atoms with Gasteiger partial charge in [0.25, 0.3) is 0 Å². The smallest absolute Gasteiger partial charge is 0.331 e. The Balaban J connectivity index is 0.000000185. The van der Waals surface area contributed by atoms with Gasteiger partial charge in [0.05, 0.1) is 24.3 Å². The standard InChI is InChI=1S/C21H23NO4S.C20H19NO3S.C19H17NO3S/c1-4-5-17-16-9-6-14(12-15(16)8-10-19(17)23)7-11-20(24)22-18(13-27-3)21(25)26-2;1-3-4-16-15-8-5-13(11-14(15)7-9-18(16)22)6-10-19-21-17(12-25-19)20(23)24-2;1-2-3-15-14-7-4-12(10-13(14)6-8-17(15)21)5-9-18-20-16(11-24-18)19(22)23/h4,6-12,18,23H,1,5,13H2,2-3H3,(H,22,24);3,5-11,17,22H,1,4,12H2,2H3;2,4-10,16,21H,1,3,11H2,(H,22,23)/b11-7+;10-6+;9-5+/t18-;17-;16-/m111/s1. The highest BCUT2D eigenvalue weighted by atomic mass is 32.2. The number of phenols is 3. The van der Waals surface area contributed by atoms with E-state index in [2.05, 4.69) is 41.1 Å². The summed E-state index contributed by atoms with van der Waals surface area (Å²) in [6.07, 6.45) is 19.7. The molecule has 0 fully saturated rings. The minimum Gasteiger partial charge on any atom is -0.508 e. The number of fused-ring (bicyclic) bond motifs is 3. The van der Waals surface area contributed by atoms with E-state index in [0.717, 1.165) is 75.8 Å². The summed E-state index contributed by atoms with van der Waals surface area (Å²) < 4.78 is 9.42. The monoisotopic (exact) mass is 1080 g/mol. The van der Waals surface area contributed by atoms with Crippen molar-refractivity contribution in [1.82, 2.24) is 5.32 Å². The zero-order valence-electron chi connectivity index (χ0n) is 42.3. The van der Waals surface area contributed by atoms with Crippen LogP contribution in [-0.2, 0) is 47.9 Å². The Labute approximate surface area is 454 Å². The fourth-order valence-corrected chi connectivity index (χ4v) is 10.5. The van der Waals surface area contributed by atoms with Gasteiger partial charge in [-0.05, 0) is 129 Å². The fraction of sp³-hybridized carbons (Fsp3) is 0.200. The Bertz CT molecular complexity index is 3330. The van der Waals surface area contributed by atoms with Crippen LogP contribution < -0.4 is 5.32 Å². The van der Waals surface area contributed by atoms with Crippen molar-refractivity contribution in [2.24, 2.45) is 9.98 Å². The van der Waals surface area contributed by atoms with Crippen LogP contribution in [0, 0.1) is 0 Å². The Morgan fingerprint density at radius 3 is 1.43 bits per heavy atom. The predicted octanol–water partition coefficient (Wildman–Crippen LogP) is 11.2. The van der Waals surface area contributed by atoms with Crippen LogP contribution in [0.5, 0.6) is 17.2 Å². The topological polar surface area (TPSA) is 204 Å². The van der Waals surface area contributed by atoms with Gasteiger partial charge < -0.3 is 35.2 Å². The maximum atomic E-state index is 12.1. The normalized spacial score (nSPS) is 15.4. The number of nitrogens with zero attached hydrogens (tertiary/aromatic N) is 2. The van der Waals surface area contributed by atoms with Crippen molar-refractivity contribution in [3.05, 3.63) is 181 Å². The zero-order chi connectivity index (χ0) is 54.7. The molecule has 0 aliphatic carbocycles. The average Bonchev–Trinajstić information content (AvgIpc) is 4.13. The number of hydrogen-bond acceptors (Lipinski definition) is 14. The summed E-state index contributed by atoms with van der Waals surface area (Å²) in [4.78, 5) is 54.7. The molecule has 5 N–H and O–H groups in total. The van der Waals surface area contributed by atoms with Crippen LogP contribution in [0.2, 0.25) is 0 Å². The second kappa shape index (κ2) is 28.2. The number of carbonyl (C=O) groups excluding carboxylic acids is 3. The van der Waals surface area contributed by atoms with E-state index in [1.54, 1.807) is 54.3 Å². The van der Waals surface area contributed by atoms with Crippen molar-refractivity contribution in [2.75, 3.05) is 37.7 Å². The molecule has 0 unspecified atom stereocenters. The van der Waals surface area contributed by atoms with E-state index in [4.69, 9.17) is 14.6 Å². The highest BCUT2D eigenvalue weighted by Crippen LogP contribution is 2.32. The van der Waals surface area contributed by atoms with E-state index >= 15 is 0 Å². The van der Waals surface area contributed by atoms with E-state index < -0.39 is 30.1 Å². The highest BCUT2D eigenvalue weighted by Gasteiger charge is 2.25. The Morgan fingerprint density at radius 1 is 0.632 bits per heavy atom. The van der Waals surface area contributed by atoms with Crippen LogP contribution in [0.3, 0.4) is 0 Å². The summed E-state index contributed by atoms with van der Waals surface area (Å²) in [5.41, 5.74) is 5.46. The first kappa shape index (κ1) is 57.5. The lowest BCUT2D eigenvalue weighted by atomic mass is 9.99. The summed E-state index contributed by atoms with van der Waals surface area (Å²) >= 11 is 4.45. The zero-order valence-corrected chi connectivity index (χ0v) is 44.8. The molecule has 76 heavy (non-hydrogen) atoms. The number of thioether (sulfide) groups is 3. The molecule has 0 saturated heterocycles. The molecule has 2 aliphatic heterocycles. The second-order valence-corrected chi connectivity index (χ2v) is 20.1. The van der Waals surface area contributed by atoms with Crippen LogP contribution in [0.25, 0.3) is 50.5 Å². The largest absolute Gasteiger partial charge is 0.508 e. The van der Waals surface area contributed by atoms with Crippen molar-refractivity contribution in [3.8, 4) is 17.2 Å². The molecular formula is C60H59N3O10S3. The van der Waals surface area contributed by atoms with E-state index in [-0.39, 0.29) is 23.4 Å². The van der Waals surface area contributed by atoms with E-state index in [1.165, 1.54) is 43.8 Å². The minimum absolute atomic E-state index is 0.243. The van der Waals surface area contributed by atoms with Gasteiger partial charge in [0.1, 0.15) is 23.3 Å². The number of methoxy groups -OCH3 is 2. The molecule has 0 aromatic heterocycles. The molecule has 6 aromatic carbocycles. The van der Waals surface area contributed by atoms with Gasteiger partial charge in [0, 0.05) is 40.0 Å². The summed E-state index contributed by atoms with van der Waals surface area (Å²) in [7, 11) is 2.68. The van der Waals surface area contributed by atoms with Gasteiger partial charge >= 0.3 is 17.9 Å².